The molecule has 1 saturated carbocycles. The van der Waals surface area contributed by atoms with Gasteiger partial charge >= 0.3 is 19.8 Å². The topological polar surface area (TPSA) is 526 Å². The summed E-state index contributed by atoms with van der Waals surface area (Å²) in [5.41, 5.74) is 0. The van der Waals surface area contributed by atoms with Crippen LogP contribution in [0.4, 0.5) is 0 Å². The Morgan fingerprint density at radius 3 is 1.17 bits per heavy atom. The average molecular weight is 1500 g/mol. The van der Waals surface area contributed by atoms with Crippen molar-refractivity contribution in [3.8, 4) is 0 Å². The number of hydrogen-bond donors (Lipinski definition) is 18. The van der Waals surface area contributed by atoms with E-state index >= 15 is 0 Å². The highest BCUT2D eigenvalue weighted by Gasteiger charge is 2.59. The van der Waals surface area contributed by atoms with Gasteiger partial charge in [0.15, 0.2) is 31.3 Å². The minimum atomic E-state index is -5.82. The Morgan fingerprint density at radius 1 is 0.392 bits per heavy atom. The minimum absolute atomic E-state index is 0.0196. The summed E-state index contributed by atoms with van der Waals surface area (Å²) in [5, 5.41) is 183. The third kappa shape index (κ3) is 29.2. The van der Waals surface area contributed by atoms with Crippen LogP contribution in [0.25, 0.3) is 0 Å². The summed E-state index contributed by atoms with van der Waals surface area (Å²) in [6.07, 6.45) is -22.2. The van der Waals surface area contributed by atoms with Crippen molar-refractivity contribution < 1.29 is 162 Å². The summed E-state index contributed by atoms with van der Waals surface area (Å²) in [6.45, 7) is -0.944. The maximum atomic E-state index is 14.4. The monoisotopic (exact) mass is 1500 g/mol. The van der Waals surface area contributed by atoms with Crippen molar-refractivity contribution in [2.75, 3.05) is 39.6 Å². The number of carbonyl (C=O) groups is 2. The second kappa shape index (κ2) is 48.1. The highest BCUT2D eigenvalue weighted by atomic mass is 31.2. The van der Waals surface area contributed by atoms with Gasteiger partial charge in [0.05, 0.1) is 33.0 Å². The fourth-order valence-electron chi connectivity index (χ4n) is 12.6. The summed E-state index contributed by atoms with van der Waals surface area (Å²) in [5.74, 6) is -1.46. The molecule has 5 aliphatic rings. The highest BCUT2D eigenvalue weighted by molar-refractivity contribution is 7.47. The Morgan fingerprint density at radius 2 is 0.735 bits per heavy atom. The van der Waals surface area contributed by atoms with Gasteiger partial charge in [0, 0.05) is 12.8 Å². The Kier molecular flexibility index (Phi) is 42.5. The normalized spacial score (nSPS) is 36.3. The number of carbonyl (C=O) groups excluding carboxylic acids is 2. The largest absolute Gasteiger partial charge is 0.472 e. The van der Waals surface area contributed by atoms with Gasteiger partial charge in [-0.3, -0.25) is 18.6 Å². The molecule has 0 aromatic heterocycles. The standard InChI is InChI=1S/C68H121O33P/c1-3-5-7-9-11-13-15-17-18-19-21-22-24-26-28-30-32-45(71)90-36-40(94-46(72)33-31-29-27-25-23-20-16-14-12-10-8-6-4-2)37-93-102(88,89)101-64-62(99-67-60(86)52(78)48(74)42(35-70)96-67)56(82)55(81)57(83)63(64)100-68-61(87)54(80)50(76)44(98-68)39-92-66-59(85)53(79)49(75)43(97-66)38-91-65-58(84)51(77)47(73)41(34-69)95-65/h13,15,18-19,40-44,47-70,73-87H,3-12,14,16-17,20-39H2,1-2H3,(H,88,89)/b15-13-,19-18-/t40-,41?,42?,43?,44?,47+,48-,49+,50+,51?,52?,53?,54?,55+,56?,57?,58+,59+,60-,61+,62-,63?,64+,65-,66-,67-,68+/m1/s1. The van der Waals surface area contributed by atoms with E-state index in [1.54, 1.807) is 0 Å². The van der Waals surface area contributed by atoms with Crippen LogP contribution >= 0.6 is 7.82 Å². The van der Waals surface area contributed by atoms with E-state index in [9.17, 15) is 106 Å². The Bertz CT molecular complexity index is 2380. The summed E-state index contributed by atoms with van der Waals surface area (Å²) in [6, 6.07) is 0. The summed E-state index contributed by atoms with van der Waals surface area (Å²) < 4.78 is 81.4. The van der Waals surface area contributed by atoms with Gasteiger partial charge in [0.25, 0.3) is 0 Å². The first-order valence-corrected chi connectivity index (χ1v) is 38.2. The Balaban J connectivity index is 1.29. The van der Waals surface area contributed by atoms with Crippen LogP contribution in [0.3, 0.4) is 0 Å². The molecule has 4 aliphatic heterocycles. The first-order valence-electron chi connectivity index (χ1n) is 36.7. The van der Waals surface area contributed by atoms with Crippen molar-refractivity contribution in [1.82, 2.24) is 0 Å². The van der Waals surface area contributed by atoms with Gasteiger partial charge in [0.2, 0.25) is 0 Å². The summed E-state index contributed by atoms with van der Waals surface area (Å²) in [4.78, 5) is 38.2. The number of phosphoric ester groups is 1. The van der Waals surface area contributed by atoms with Crippen LogP contribution in [0, 0.1) is 0 Å². The average Bonchev–Trinajstić information content (AvgIpc) is 0.760. The predicted octanol–water partition coefficient (Wildman–Crippen LogP) is -0.257. The minimum Gasteiger partial charge on any atom is -0.462 e. The predicted molar refractivity (Wildman–Crippen MR) is 356 cm³/mol. The van der Waals surface area contributed by atoms with E-state index in [0.717, 1.165) is 70.6 Å². The fraction of sp³-hybridized carbons (Fsp3) is 0.912. The maximum Gasteiger partial charge on any atom is 0.472 e. The third-order valence-corrected chi connectivity index (χ3v) is 19.9. The lowest BCUT2D eigenvalue weighted by molar-refractivity contribution is -0.365. The van der Waals surface area contributed by atoms with Crippen LogP contribution < -0.4 is 0 Å². The molecule has 596 valence electrons. The van der Waals surface area contributed by atoms with E-state index in [4.69, 9.17) is 56.4 Å². The number of hydrogen-bond acceptors (Lipinski definition) is 32. The molecule has 12 unspecified atom stereocenters. The number of ether oxygens (including phenoxy) is 10. The van der Waals surface area contributed by atoms with Gasteiger partial charge in [-0.15, -0.1) is 0 Å². The smallest absolute Gasteiger partial charge is 0.462 e. The van der Waals surface area contributed by atoms with E-state index in [2.05, 4.69) is 38.2 Å². The molecule has 33 nitrogen and oxygen atoms in total. The van der Waals surface area contributed by atoms with Gasteiger partial charge < -0.3 is 139 Å². The quantitative estimate of drug-likeness (QED) is 0.0161. The Hall–Kier alpha value is -2.47. The molecule has 0 bridgehead atoms. The van der Waals surface area contributed by atoms with Crippen molar-refractivity contribution in [3.63, 3.8) is 0 Å². The van der Waals surface area contributed by atoms with Crippen molar-refractivity contribution in [2.45, 2.75) is 353 Å². The van der Waals surface area contributed by atoms with Crippen LogP contribution in [-0.4, -0.2) is 309 Å². The van der Waals surface area contributed by atoms with Crippen LogP contribution in [-0.2, 0) is 70.6 Å². The second-order valence-corrected chi connectivity index (χ2v) is 28.6. The number of unbranched alkanes of at least 4 members (excludes halogenated alkanes) is 21. The number of rotatable bonds is 49. The molecule has 0 aromatic rings. The SMILES string of the molecule is CCCCCC/C=C\C/C=C\CCCCCCCC(=O)OC[C@H](COP(=O)(O)O[C@@H]1C(O[C@@H]2OC(CO[C@@H]3OC(CO[C@@H]4OC(CO)[C@H](O)C(O)[C@@H]4O)[C@H](O)C(O)[C@@H]3O)[C@H](O)C(O)[C@@H]2O)C(O)[C@@H](O)C(O)[C@H]1O[C@H]1OC(CO)[C@@H](O)C(O)[C@H]1O)OC(=O)CCCCCCCCCCCCCCC. The maximum absolute atomic E-state index is 14.4. The summed E-state index contributed by atoms with van der Waals surface area (Å²) in [7, 11) is -5.82. The Labute approximate surface area is 596 Å². The molecule has 0 aromatic carbocycles. The van der Waals surface area contributed by atoms with E-state index in [-0.39, 0.29) is 12.8 Å². The van der Waals surface area contributed by atoms with Crippen molar-refractivity contribution in [2.24, 2.45) is 0 Å². The van der Waals surface area contributed by atoms with Gasteiger partial charge in [0.1, 0.15) is 141 Å². The molecule has 4 heterocycles. The molecular formula is C68H121O33P. The molecule has 4 saturated heterocycles. The van der Waals surface area contributed by atoms with Gasteiger partial charge in [-0.25, -0.2) is 4.57 Å². The number of aliphatic hydroxyl groups excluding tert-OH is 17. The molecule has 28 atom stereocenters. The van der Waals surface area contributed by atoms with Crippen LogP contribution in [0.5, 0.6) is 0 Å². The molecule has 18 N–H and O–H groups in total. The summed E-state index contributed by atoms with van der Waals surface area (Å²) >= 11 is 0. The lowest BCUT2D eigenvalue weighted by Gasteiger charge is -2.49. The first-order chi connectivity index (χ1) is 48.8. The second-order valence-electron chi connectivity index (χ2n) is 27.2. The zero-order valence-electron chi connectivity index (χ0n) is 58.9. The zero-order chi connectivity index (χ0) is 74.9. The fourth-order valence-corrected chi connectivity index (χ4v) is 13.5. The lowest BCUT2D eigenvalue weighted by atomic mass is 9.84. The molecule has 5 rings (SSSR count). The van der Waals surface area contributed by atoms with Crippen LogP contribution in [0.2, 0.25) is 0 Å². The number of allylic oxidation sites excluding steroid dienone is 4. The van der Waals surface area contributed by atoms with Crippen molar-refractivity contribution in [3.05, 3.63) is 24.3 Å². The van der Waals surface area contributed by atoms with Crippen molar-refractivity contribution >= 4 is 19.8 Å². The van der Waals surface area contributed by atoms with Crippen LogP contribution in [0.15, 0.2) is 24.3 Å². The molecule has 0 spiro atoms. The van der Waals surface area contributed by atoms with E-state index in [1.165, 1.54) is 64.2 Å². The van der Waals surface area contributed by atoms with Gasteiger partial charge in [-0.05, 0) is 44.9 Å². The lowest BCUT2D eigenvalue weighted by Crippen LogP contribution is -2.69. The molecule has 0 radical (unpaired) electrons. The zero-order valence-corrected chi connectivity index (χ0v) is 59.7. The number of aliphatic hydroxyl groups is 17. The van der Waals surface area contributed by atoms with E-state index < -0.39 is 225 Å². The number of esters is 2. The molecular weight excluding hydrogens is 1380 g/mol. The molecule has 5 fully saturated rings. The first kappa shape index (κ1) is 90.1. The van der Waals surface area contributed by atoms with E-state index in [0.29, 0.717) is 25.7 Å². The van der Waals surface area contributed by atoms with E-state index in [1.807, 2.05) is 0 Å². The highest BCUT2D eigenvalue weighted by Crippen LogP contribution is 2.49. The number of phosphoric acid groups is 1. The van der Waals surface area contributed by atoms with Gasteiger partial charge in [-0.2, -0.15) is 0 Å². The van der Waals surface area contributed by atoms with Crippen LogP contribution in [0.1, 0.15) is 187 Å². The molecule has 0 amide bonds. The molecule has 34 heteroatoms. The molecule has 1 aliphatic carbocycles. The van der Waals surface area contributed by atoms with Crippen molar-refractivity contribution in [1.29, 1.82) is 0 Å². The molecule has 102 heavy (non-hydrogen) atoms. The third-order valence-electron chi connectivity index (χ3n) is 19.0. The van der Waals surface area contributed by atoms with Gasteiger partial charge in [-0.1, -0.05) is 154 Å².